The van der Waals surface area contributed by atoms with Crippen LogP contribution in [0.4, 0.5) is 14.0 Å². The van der Waals surface area contributed by atoms with E-state index in [1.54, 1.807) is 39.0 Å². The number of thiophene rings is 1. The number of carbonyl (C=O) groups excluding carboxylic acids is 5. The summed E-state index contributed by atoms with van der Waals surface area (Å²) < 4.78 is 54.2. The van der Waals surface area contributed by atoms with Crippen LogP contribution in [-0.4, -0.2) is 84.0 Å². The van der Waals surface area contributed by atoms with Crippen molar-refractivity contribution in [3.8, 4) is 0 Å². The van der Waals surface area contributed by atoms with E-state index in [0.717, 1.165) is 17.4 Å². The van der Waals surface area contributed by atoms with Gasteiger partial charge in [0.05, 0.1) is 17.4 Å². The molecule has 0 spiro atoms. The summed E-state index contributed by atoms with van der Waals surface area (Å²) in [5, 5.41) is 5.39. The molecule has 55 heavy (non-hydrogen) atoms. The molecule has 1 unspecified atom stereocenters. The zero-order valence-corrected chi connectivity index (χ0v) is 33.5. The second-order valence-corrected chi connectivity index (χ2v) is 19.1. The number of allylic oxidation sites excluding steroid dienone is 1. The highest BCUT2D eigenvalue weighted by Crippen LogP contribution is 2.46. The highest BCUT2D eigenvalue weighted by molar-refractivity contribution is 7.90. The smallest absolute Gasteiger partial charge is 0.410 e. The number of hydrogen-bond donors (Lipinski definition) is 3. The molecule has 3 aliphatic heterocycles. The van der Waals surface area contributed by atoms with E-state index in [0.29, 0.717) is 36.8 Å². The van der Waals surface area contributed by atoms with Crippen molar-refractivity contribution in [1.29, 1.82) is 0 Å². The van der Waals surface area contributed by atoms with Crippen LogP contribution in [0, 0.1) is 11.7 Å². The van der Waals surface area contributed by atoms with Gasteiger partial charge in [-0.2, -0.15) is 0 Å². The van der Waals surface area contributed by atoms with Crippen LogP contribution in [0.15, 0.2) is 41.3 Å². The van der Waals surface area contributed by atoms with Crippen molar-refractivity contribution >= 4 is 74.5 Å². The van der Waals surface area contributed by atoms with E-state index in [1.807, 2.05) is 10.8 Å². The Balaban J connectivity index is 1.27. The molecule has 3 N–H and O–H groups in total. The summed E-state index contributed by atoms with van der Waals surface area (Å²) >= 11 is 12.9. The molecule has 2 fully saturated rings. The molecule has 14 nitrogen and oxygen atoms in total. The quantitative estimate of drug-likeness (QED) is 0.332. The number of benzene rings is 1. The minimum absolute atomic E-state index is 0.0275. The van der Waals surface area contributed by atoms with E-state index in [2.05, 4.69) is 10.6 Å². The van der Waals surface area contributed by atoms with E-state index in [4.69, 9.17) is 32.7 Å². The Kier molecular flexibility index (Phi) is 11.8. The molecule has 19 heteroatoms. The van der Waals surface area contributed by atoms with Gasteiger partial charge >= 0.3 is 12.2 Å². The minimum Gasteiger partial charge on any atom is -0.444 e. The van der Waals surface area contributed by atoms with Crippen molar-refractivity contribution in [1.82, 2.24) is 25.2 Å². The Labute approximate surface area is 332 Å². The first-order valence-electron chi connectivity index (χ1n) is 17.9. The number of amides is 5. The van der Waals surface area contributed by atoms with E-state index in [-0.39, 0.29) is 47.6 Å². The van der Waals surface area contributed by atoms with E-state index in [9.17, 15) is 36.8 Å². The first kappa shape index (κ1) is 40.7. The van der Waals surface area contributed by atoms with Gasteiger partial charge in [-0.1, -0.05) is 60.3 Å². The minimum atomic E-state index is -4.51. The third-order valence-corrected chi connectivity index (χ3v) is 13.0. The molecular weight excluding hydrogens is 800 g/mol. The Bertz CT molecular complexity index is 2020. The predicted molar refractivity (Wildman–Crippen MR) is 200 cm³/mol. The summed E-state index contributed by atoms with van der Waals surface area (Å²) in [7, 11) is -4.51. The van der Waals surface area contributed by atoms with Gasteiger partial charge in [0.25, 0.3) is 15.9 Å². The van der Waals surface area contributed by atoms with E-state index >= 15 is 0 Å². The van der Waals surface area contributed by atoms with E-state index < -0.39 is 85.9 Å². The summed E-state index contributed by atoms with van der Waals surface area (Å²) in [5.41, 5.74) is -1.58. The number of ether oxygens (including phenoxy) is 2. The summed E-state index contributed by atoms with van der Waals surface area (Å²) in [6, 6.07) is 3.26. The van der Waals surface area contributed by atoms with Crippen LogP contribution < -0.4 is 15.4 Å². The SMILES string of the molecule is CC(C)(C)OC(=O)N[C@H]1CCCCC/C=C\[C@@H]2C[C@@]2(C(=O)NS(=O)(=O)c2cc(Cl)sc2Cl)NC(=O)C2C[C@@H](OC(=O)N3Cc4cccc(F)c4C3)CN2C1=O. The number of fused-ring (bicyclic) bond motifs is 3. The summed E-state index contributed by atoms with van der Waals surface area (Å²) in [4.78, 5) is 71.0. The van der Waals surface area contributed by atoms with Crippen molar-refractivity contribution in [3.63, 3.8) is 0 Å². The van der Waals surface area contributed by atoms with Crippen LogP contribution in [0.25, 0.3) is 0 Å². The van der Waals surface area contributed by atoms with Crippen molar-refractivity contribution < 1.29 is 46.3 Å². The average molecular weight is 843 g/mol. The fourth-order valence-electron chi connectivity index (χ4n) is 7.12. The number of hydrogen-bond acceptors (Lipinski definition) is 10. The monoisotopic (exact) mass is 841 g/mol. The molecule has 5 atom stereocenters. The lowest BCUT2D eigenvalue weighted by Gasteiger charge is -2.30. The van der Waals surface area contributed by atoms with Crippen molar-refractivity contribution in [3.05, 3.63) is 62.0 Å². The standard InChI is InChI=1S/C36H42Cl2FN5O9S2/c1-35(2,3)53-33(48)40-25-13-8-6-4-5-7-11-21-16-36(21,32(47)42-55(50,51)27-15-28(37)54-29(27)38)41-30(45)26-14-22(18-44(26)31(25)46)52-34(49)43-17-20-10-9-12-24(39)23(20)19-43/h7,9-12,15,21-22,25-26H,4-6,8,13-14,16-19H2,1-3H3,(H,40,48)(H,41,45)(H,42,47)/b11-7-/t21-,22-,25+,26?,36-/m1/s1. The van der Waals surface area contributed by atoms with Crippen molar-refractivity contribution in [2.45, 2.75) is 113 Å². The third kappa shape index (κ3) is 9.21. The van der Waals surface area contributed by atoms with Crippen LogP contribution in [0.5, 0.6) is 0 Å². The van der Waals surface area contributed by atoms with Crippen LogP contribution in [0.2, 0.25) is 8.67 Å². The molecule has 1 saturated carbocycles. The fraction of sp³-hybridized carbons (Fsp3) is 0.528. The highest BCUT2D eigenvalue weighted by Gasteiger charge is 2.62. The van der Waals surface area contributed by atoms with Crippen LogP contribution in [0.3, 0.4) is 0 Å². The normalized spacial score (nSPS) is 26.4. The summed E-state index contributed by atoms with van der Waals surface area (Å²) in [6.07, 6.45) is 3.63. The maximum atomic E-state index is 14.4. The third-order valence-electron chi connectivity index (χ3n) is 9.93. The second kappa shape index (κ2) is 15.9. The molecule has 4 aliphatic rings. The largest absolute Gasteiger partial charge is 0.444 e. The molecular formula is C36H42Cl2FN5O9S2. The Hall–Kier alpha value is -3.93. The van der Waals surface area contributed by atoms with Gasteiger partial charge in [0.15, 0.2) is 0 Å². The molecule has 0 radical (unpaired) electrons. The number of nitrogens with one attached hydrogen (secondary N) is 3. The molecule has 1 aliphatic carbocycles. The van der Waals surface area contributed by atoms with Crippen LogP contribution in [-0.2, 0) is 47.0 Å². The molecule has 4 heterocycles. The number of nitrogens with zero attached hydrogens (tertiary/aromatic N) is 2. The van der Waals surface area contributed by atoms with Gasteiger partial charge in [-0.15, -0.1) is 11.3 Å². The van der Waals surface area contributed by atoms with Crippen LogP contribution >= 0.6 is 34.5 Å². The second-order valence-electron chi connectivity index (χ2n) is 15.1. The first-order chi connectivity index (χ1) is 25.9. The lowest BCUT2D eigenvalue weighted by molar-refractivity contribution is -0.141. The van der Waals surface area contributed by atoms with Crippen molar-refractivity contribution in [2.75, 3.05) is 6.54 Å². The molecule has 2 aromatic rings. The van der Waals surface area contributed by atoms with Crippen molar-refractivity contribution in [2.24, 2.45) is 5.92 Å². The average Bonchev–Trinajstić information content (AvgIpc) is 3.39. The molecule has 0 bridgehead atoms. The number of sulfonamides is 1. The first-order valence-corrected chi connectivity index (χ1v) is 20.9. The number of carbonyl (C=O) groups is 5. The Morgan fingerprint density at radius 1 is 1.11 bits per heavy atom. The van der Waals surface area contributed by atoms with Gasteiger partial charge in [-0.25, -0.2) is 27.1 Å². The van der Waals surface area contributed by atoms with Gasteiger partial charge in [-0.3, -0.25) is 19.3 Å². The Morgan fingerprint density at radius 2 is 1.87 bits per heavy atom. The molecule has 298 valence electrons. The highest BCUT2D eigenvalue weighted by atomic mass is 35.5. The fourth-order valence-corrected chi connectivity index (χ4v) is 10.3. The number of alkyl carbamates (subject to hydrolysis) is 1. The van der Waals surface area contributed by atoms with Gasteiger partial charge in [0.1, 0.15) is 44.4 Å². The molecule has 5 amide bonds. The predicted octanol–water partition coefficient (Wildman–Crippen LogP) is 5.41. The molecule has 1 saturated heterocycles. The summed E-state index contributed by atoms with van der Waals surface area (Å²) in [6.45, 7) is 4.87. The number of rotatable bonds is 5. The van der Waals surface area contributed by atoms with Gasteiger partial charge in [0, 0.05) is 24.4 Å². The van der Waals surface area contributed by atoms with Crippen LogP contribution in [0.1, 0.15) is 76.8 Å². The zero-order valence-electron chi connectivity index (χ0n) is 30.4. The van der Waals surface area contributed by atoms with E-state index in [1.165, 1.54) is 15.9 Å². The van der Waals surface area contributed by atoms with Gasteiger partial charge in [0.2, 0.25) is 11.8 Å². The zero-order chi connectivity index (χ0) is 39.9. The molecule has 1 aromatic heterocycles. The maximum Gasteiger partial charge on any atom is 0.410 e. The summed E-state index contributed by atoms with van der Waals surface area (Å²) in [5.74, 6) is -3.48. The lowest BCUT2D eigenvalue weighted by Crippen LogP contribution is -2.58. The number of halogens is 3. The lowest BCUT2D eigenvalue weighted by atomic mass is 10.0. The molecule has 1 aromatic carbocycles. The van der Waals surface area contributed by atoms with Gasteiger partial charge < -0.3 is 25.0 Å². The Morgan fingerprint density at radius 3 is 2.56 bits per heavy atom. The molecule has 6 rings (SSSR count). The topological polar surface area (TPSA) is 181 Å². The maximum absolute atomic E-state index is 14.4. The van der Waals surface area contributed by atoms with Gasteiger partial charge in [-0.05, 0) is 64.2 Å².